The van der Waals surface area contributed by atoms with E-state index in [9.17, 15) is 4.79 Å². The maximum Gasteiger partial charge on any atom is 0.236 e. The molecule has 0 aliphatic rings. The van der Waals surface area contributed by atoms with E-state index in [1.165, 1.54) is 33.9 Å². The highest BCUT2D eigenvalue weighted by atomic mass is 32.2. The van der Waals surface area contributed by atoms with Gasteiger partial charge in [-0.1, -0.05) is 48.6 Å². The molecule has 22 heavy (non-hydrogen) atoms. The minimum Gasteiger partial charge on any atom is -0.300 e. The van der Waals surface area contributed by atoms with E-state index in [0.29, 0.717) is 10.9 Å². The molecule has 1 amide bonds. The third kappa shape index (κ3) is 3.64. The van der Waals surface area contributed by atoms with Crippen molar-refractivity contribution in [3.05, 3.63) is 47.5 Å². The Morgan fingerprint density at radius 1 is 1.18 bits per heavy atom. The Hall–Kier alpha value is -1.92. The fraction of sp³-hybridized carbons (Fsp3) is 0.188. The summed E-state index contributed by atoms with van der Waals surface area (Å²) in [6, 6.07) is 14.4. The van der Waals surface area contributed by atoms with Gasteiger partial charge in [0.05, 0.1) is 5.75 Å². The molecule has 1 heterocycles. The van der Waals surface area contributed by atoms with Crippen molar-refractivity contribution in [2.75, 3.05) is 11.1 Å². The molecule has 0 atom stereocenters. The van der Waals surface area contributed by atoms with Gasteiger partial charge in [0.15, 0.2) is 0 Å². The standard InChI is InChI=1S/C16H15N3OS2/c1-2-15-18-19-16(22-15)17-14(20)10-21-13-8-7-11-5-3-4-6-12(11)9-13/h3-9H,2,10H2,1H3,(H,17,19,20). The number of carbonyl (C=O) groups excluding carboxylic acids is 1. The molecule has 0 aliphatic heterocycles. The fourth-order valence-corrected chi connectivity index (χ4v) is 3.45. The molecule has 0 spiro atoms. The Balaban J connectivity index is 1.59. The Morgan fingerprint density at radius 2 is 2.00 bits per heavy atom. The van der Waals surface area contributed by atoms with Gasteiger partial charge in [-0.05, 0) is 29.3 Å². The third-order valence-corrected chi connectivity index (χ3v) is 5.08. The number of anilines is 1. The minimum absolute atomic E-state index is 0.0584. The molecule has 0 fully saturated rings. The van der Waals surface area contributed by atoms with E-state index in [2.05, 4.69) is 39.8 Å². The molecule has 0 saturated heterocycles. The summed E-state index contributed by atoms with van der Waals surface area (Å²) in [4.78, 5) is 13.0. The third-order valence-electron chi connectivity index (χ3n) is 3.11. The van der Waals surface area contributed by atoms with Gasteiger partial charge in [0, 0.05) is 4.90 Å². The van der Waals surface area contributed by atoms with E-state index < -0.39 is 0 Å². The van der Waals surface area contributed by atoms with Crippen LogP contribution in [0.25, 0.3) is 10.8 Å². The summed E-state index contributed by atoms with van der Waals surface area (Å²) in [6.07, 6.45) is 0.833. The lowest BCUT2D eigenvalue weighted by Crippen LogP contribution is -2.13. The maximum atomic E-state index is 12.0. The van der Waals surface area contributed by atoms with Gasteiger partial charge in [-0.2, -0.15) is 0 Å². The molecule has 0 radical (unpaired) electrons. The van der Waals surface area contributed by atoms with Gasteiger partial charge < -0.3 is 0 Å². The molecule has 1 aromatic heterocycles. The first-order valence-electron chi connectivity index (χ1n) is 6.98. The maximum absolute atomic E-state index is 12.0. The van der Waals surface area contributed by atoms with E-state index in [-0.39, 0.29) is 5.91 Å². The summed E-state index contributed by atoms with van der Waals surface area (Å²) < 4.78 is 0. The largest absolute Gasteiger partial charge is 0.300 e. The molecule has 0 unspecified atom stereocenters. The van der Waals surface area contributed by atoms with Gasteiger partial charge in [-0.25, -0.2) is 0 Å². The van der Waals surface area contributed by atoms with Crippen LogP contribution in [0.1, 0.15) is 11.9 Å². The fourth-order valence-electron chi connectivity index (χ4n) is 2.01. The van der Waals surface area contributed by atoms with Gasteiger partial charge in [0.25, 0.3) is 0 Å². The van der Waals surface area contributed by atoms with Crippen LogP contribution >= 0.6 is 23.1 Å². The van der Waals surface area contributed by atoms with E-state index in [0.717, 1.165) is 16.3 Å². The molecule has 3 aromatic rings. The zero-order chi connectivity index (χ0) is 15.4. The molecule has 0 bridgehead atoms. The predicted octanol–water partition coefficient (Wildman–Crippen LogP) is 3.98. The average Bonchev–Trinajstić information content (AvgIpc) is 3.00. The van der Waals surface area contributed by atoms with Gasteiger partial charge >= 0.3 is 0 Å². The van der Waals surface area contributed by atoms with Gasteiger partial charge in [-0.15, -0.1) is 22.0 Å². The molecular weight excluding hydrogens is 314 g/mol. The van der Waals surface area contributed by atoms with E-state index in [1.54, 1.807) is 0 Å². The number of rotatable bonds is 5. The van der Waals surface area contributed by atoms with Crippen LogP contribution in [0.15, 0.2) is 47.4 Å². The van der Waals surface area contributed by atoms with Crippen LogP contribution in [0.5, 0.6) is 0 Å². The highest BCUT2D eigenvalue weighted by molar-refractivity contribution is 8.00. The number of benzene rings is 2. The van der Waals surface area contributed by atoms with E-state index in [1.807, 2.05) is 25.1 Å². The zero-order valence-corrected chi connectivity index (χ0v) is 13.7. The number of aryl methyl sites for hydroxylation is 1. The highest BCUT2D eigenvalue weighted by Crippen LogP contribution is 2.24. The summed E-state index contributed by atoms with van der Waals surface area (Å²) in [5.41, 5.74) is 0. The Bertz CT molecular complexity index is 801. The van der Waals surface area contributed by atoms with Crippen molar-refractivity contribution in [3.8, 4) is 0 Å². The molecule has 0 aliphatic carbocycles. The molecule has 3 rings (SSSR count). The number of thioether (sulfide) groups is 1. The monoisotopic (exact) mass is 329 g/mol. The highest BCUT2D eigenvalue weighted by Gasteiger charge is 2.08. The number of aromatic nitrogens is 2. The second kappa shape index (κ2) is 6.89. The number of hydrogen-bond acceptors (Lipinski definition) is 5. The zero-order valence-electron chi connectivity index (χ0n) is 12.1. The molecule has 4 nitrogen and oxygen atoms in total. The molecular formula is C16H15N3OS2. The number of carbonyl (C=O) groups is 1. The molecule has 0 saturated carbocycles. The van der Waals surface area contributed by atoms with Crippen molar-refractivity contribution in [1.82, 2.24) is 10.2 Å². The van der Waals surface area contributed by atoms with Crippen molar-refractivity contribution in [2.24, 2.45) is 0 Å². The quantitative estimate of drug-likeness (QED) is 0.719. The topological polar surface area (TPSA) is 54.9 Å². The SMILES string of the molecule is CCc1nnc(NC(=O)CSc2ccc3ccccc3c2)s1. The lowest BCUT2D eigenvalue weighted by molar-refractivity contribution is -0.113. The van der Waals surface area contributed by atoms with E-state index in [4.69, 9.17) is 0 Å². The van der Waals surface area contributed by atoms with Crippen molar-refractivity contribution in [2.45, 2.75) is 18.2 Å². The van der Waals surface area contributed by atoms with Crippen molar-refractivity contribution in [1.29, 1.82) is 0 Å². The second-order valence-electron chi connectivity index (χ2n) is 4.70. The Labute approximate surface area is 137 Å². The van der Waals surface area contributed by atoms with Gasteiger partial charge in [0.2, 0.25) is 11.0 Å². The van der Waals surface area contributed by atoms with E-state index >= 15 is 0 Å². The van der Waals surface area contributed by atoms with Crippen molar-refractivity contribution in [3.63, 3.8) is 0 Å². The number of nitrogens with one attached hydrogen (secondary N) is 1. The van der Waals surface area contributed by atoms with Crippen LogP contribution in [0.4, 0.5) is 5.13 Å². The van der Waals surface area contributed by atoms with Crippen molar-refractivity contribution >= 4 is 44.9 Å². The summed E-state index contributed by atoms with van der Waals surface area (Å²) in [5, 5.41) is 14.6. The first-order valence-corrected chi connectivity index (χ1v) is 8.78. The van der Waals surface area contributed by atoms with Crippen LogP contribution < -0.4 is 5.32 Å². The lowest BCUT2D eigenvalue weighted by atomic mass is 10.1. The Morgan fingerprint density at radius 3 is 2.77 bits per heavy atom. The molecule has 2 aromatic carbocycles. The normalized spacial score (nSPS) is 10.8. The number of hydrogen-bond donors (Lipinski definition) is 1. The average molecular weight is 329 g/mol. The summed E-state index contributed by atoms with van der Waals surface area (Å²) in [6.45, 7) is 2.02. The number of nitrogens with zero attached hydrogens (tertiary/aromatic N) is 2. The molecule has 1 N–H and O–H groups in total. The first-order chi connectivity index (χ1) is 10.7. The first kappa shape index (κ1) is 15.0. The van der Waals surface area contributed by atoms with Crippen LogP contribution in [-0.4, -0.2) is 21.9 Å². The van der Waals surface area contributed by atoms with Gasteiger partial charge in [0.1, 0.15) is 5.01 Å². The predicted molar refractivity (Wildman–Crippen MR) is 92.6 cm³/mol. The second-order valence-corrected chi connectivity index (χ2v) is 6.81. The Kier molecular flexibility index (Phi) is 4.70. The van der Waals surface area contributed by atoms with Gasteiger partial charge in [-0.3, -0.25) is 10.1 Å². The molecule has 112 valence electrons. The lowest BCUT2D eigenvalue weighted by Gasteiger charge is -2.04. The van der Waals surface area contributed by atoms with Crippen LogP contribution in [0.3, 0.4) is 0 Å². The summed E-state index contributed by atoms with van der Waals surface area (Å²) >= 11 is 2.94. The van der Waals surface area contributed by atoms with Crippen molar-refractivity contribution < 1.29 is 4.79 Å². The summed E-state index contributed by atoms with van der Waals surface area (Å²) in [7, 11) is 0. The van der Waals surface area contributed by atoms with Crippen LogP contribution in [0, 0.1) is 0 Å². The van der Waals surface area contributed by atoms with Crippen LogP contribution in [-0.2, 0) is 11.2 Å². The smallest absolute Gasteiger partial charge is 0.236 e. The summed E-state index contributed by atoms with van der Waals surface area (Å²) in [5.74, 6) is 0.302. The van der Waals surface area contributed by atoms with Crippen LogP contribution in [0.2, 0.25) is 0 Å². The molecule has 6 heteroatoms. The number of amides is 1. The number of fused-ring (bicyclic) bond motifs is 1. The minimum atomic E-state index is -0.0584.